The van der Waals surface area contributed by atoms with Gasteiger partial charge >= 0.3 is 0 Å². The SMILES string of the molecule is CC1(c2nc(COc3ccc(F)cc3)no2)CCCCN1.Cl. The van der Waals surface area contributed by atoms with Gasteiger partial charge in [0.15, 0.2) is 6.61 Å². The number of aromatic nitrogens is 2. The van der Waals surface area contributed by atoms with Crippen LogP contribution in [0.2, 0.25) is 0 Å². The van der Waals surface area contributed by atoms with E-state index in [0.717, 1.165) is 19.4 Å². The first-order valence-corrected chi connectivity index (χ1v) is 7.12. The lowest BCUT2D eigenvalue weighted by atomic mass is 9.91. The predicted molar refractivity (Wildman–Crippen MR) is 81.5 cm³/mol. The van der Waals surface area contributed by atoms with Crippen molar-refractivity contribution < 1.29 is 13.7 Å². The molecule has 1 aromatic heterocycles. The summed E-state index contributed by atoms with van der Waals surface area (Å²) in [6, 6.07) is 5.84. The van der Waals surface area contributed by atoms with Crippen molar-refractivity contribution in [3.63, 3.8) is 0 Å². The van der Waals surface area contributed by atoms with Crippen LogP contribution in [-0.4, -0.2) is 16.7 Å². The van der Waals surface area contributed by atoms with Crippen molar-refractivity contribution in [2.24, 2.45) is 0 Å². The minimum Gasteiger partial charge on any atom is -0.485 e. The van der Waals surface area contributed by atoms with Crippen LogP contribution in [0.25, 0.3) is 0 Å². The fraction of sp³-hybridized carbons (Fsp3) is 0.467. The van der Waals surface area contributed by atoms with Crippen LogP contribution in [0.15, 0.2) is 28.8 Å². The highest BCUT2D eigenvalue weighted by Gasteiger charge is 2.34. The molecule has 1 unspecified atom stereocenters. The molecule has 22 heavy (non-hydrogen) atoms. The number of hydrogen-bond acceptors (Lipinski definition) is 5. The van der Waals surface area contributed by atoms with Gasteiger partial charge in [0, 0.05) is 0 Å². The zero-order valence-electron chi connectivity index (χ0n) is 12.3. The monoisotopic (exact) mass is 327 g/mol. The van der Waals surface area contributed by atoms with E-state index in [1.165, 1.54) is 18.6 Å². The van der Waals surface area contributed by atoms with E-state index >= 15 is 0 Å². The summed E-state index contributed by atoms with van der Waals surface area (Å²) in [7, 11) is 0. The van der Waals surface area contributed by atoms with Crippen LogP contribution in [0.5, 0.6) is 5.75 Å². The molecule has 3 rings (SSSR count). The number of halogens is 2. The molecule has 0 radical (unpaired) electrons. The first-order chi connectivity index (χ1) is 10.2. The molecule has 1 N–H and O–H groups in total. The molecule has 1 aromatic carbocycles. The van der Waals surface area contributed by atoms with Crippen LogP contribution < -0.4 is 10.1 Å². The smallest absolute Gasteiger partial charge is 0.246 e. The van der Waals surface area contributed by atoms with E-state index in [1.807, 2.05) is 0 Å². The zero-order valence-corrected chi connectivity index (χ0v) is 13.2. The highest BCUT2D eigenvalue weighted by atomic mass is 35.5. The molecule has 5 nitrogen and oxygen atoms in total. The molecule has 120 valence electrons. The van der Waals surface area contributed by atoms with Crippen LogP contribution in [0, 0.1) is 5.82 Å². The van der Waals surface area contributed by atoms with Gasteiger partial charge in [-0.25, -0.2) is 4.39 Å². The van der Waals surface area contributed by atoms with Crippen molar-refractivity contribution in [3.05, 3.63) is 41.8 Å². The molecule has 0 spiro atoms. The Balaban J connectivity index is 0.00000176. The quantitative estimate of drug-likeness (QED) is 0.934. The number of piperidine rings is 1. The minimum atomic E-state index is -0.291. The molecule has 2 aromatic rings. The summed E-state index contributed by atoms with van der Waals surface area (Å²) in [5.41, 5.74) is -0.251. The van der Waals surface area contributed by atoms with Gasteiger partial charge in [-0.05, 0) is 57.0 Å². The highest BCUT2D eigenvalue weighted by molar-refractivity contribution is 5.85. The maximum atomic E-state index is 12.8. The molecule has 0 aliphatic carbocycles. The predicted octanol–water partition coefficient (Wildman–Crippen LogP) is 3.20. The Morgan fingerprint density at radius 1 is 1.32 bits per heavy atom. The number of ether oxygens (including phenoxy) is 1. The lowest BCUT2D eigenvalue weighted by Gasteiger charge is -2.31. The van der Waals surface area contributed by atoms with Crippen LogP contribution in [-0.2, 0) is 12.1 Å². The molecular weight excluding hydrogens is 309 g/mol. The fourth-order valence-electron chi connectivity index (χ4n) is 2.45. The van der Waals surface area contributed by atoms with Crippen molar-refractivity contribution in [3.8, 4) is 5.75 Å². The Hall–Kier alpha value is -1.66. The lowest BCUT2D eigenvalue weighted by Crippen LogP contribution is -2.43. The third-order valence-corrected chi connectivity index (χ3v) is 3.74. The summed E-state index contributed by atoms with van der Waals surface area (Å²) in [4.78, 5) is 4.40. The highest BCUT2D eigenvalue weighted by Crippen LogP contribution is 2.28. The van der Waals surface area contributed by atoms with Crippen LogP contribution in [0.1, 0.15) is 37.9 Å². The Labute approximate surface area is 134 Å². The van der Waals surface area contributed by atoms with Crippen molar-refractivity contribution in [2.45, 2.75) is 38.3 Å². The minimum absolute atomic E-state index is 0. The van der Waals surface area contributed by atoms with Gasteiger partial charge < -0.3 is 14.6 Å². The first-order valence-electron chi connectivity index (χ1n) is 7.12. The maximum absolute atomic E-state index is 12.8. The van der Waals surface area contributed by atoms with Gasteiger partial charge in [0.2, 0.25) is 11.7 Å². The van der Waals surface area contributed by atoms with Crippen LogP contribution in [0.3, 0.4) is 0 Å². The summed E-state index contributed by atoms with van der Waals surface area (Å²) >= 11 is 0. The summed E-state index contributed by atoms with van der Waals surface area (Å²) in [5.74, 6) is 1.37. The molecule has 1 aliphatic heterocycles. The Morgan fingerprint density at radius 3 is 2.77 bits per heavy atom. The molecule has 1 saturated heterocycles. The van der Waals surface area contributed by atoms with Crippen molar-refractivity contribution >= 4 is 12.4 Å². The van der Waals surface area contributed by atoms with E-state index < -0.39 is 0 Å². The largest absolute Gasteiger partial charge is 0.485 e. The maximum Gasteiger partial charge on any atom is 0.246 e. The molecular formula is C15H19ClFN3O2. The van der Waals surface area contributed by atoms with Crippen molar-refractivity contribution in [1.29, 1.82) is 0 Å². The number of benzene rings is 1. The van der Waals surface area contributed by atoms with Crippen molar-refractivity contribution in [1.82, 2.24) is 15.5 Å². The summed E-state index contributed by atoms with van der Waals surface area (Å²) in [5, 5.41) is 7.37. The van der Waals surface area contributed by atoms with Gasteiger partial charge in [0.05, 0.1) is 5.54 Å². The van der Waals surface area contributed by atoms with Gasteiger partial charge in [-0.1, -0.05) is 5.16 Å². The topological polar surface area (TPSA) is 60.2 Å². The van der Waals surface area contributed by atoms with Crippen LogP contribution in [0.4, 0.5) is 4.39 Å². The zero-order chi connectivity index (χ0) is 14.7. The summed E-state index contributed by atoms with van der Waals surface area (Å²) in [6.07, 6.45) is 3.30. The summed E-state index contributed by atoms with van der Waals surface area (Å²) in [6.45, 7) is 3.23. The second-order valence-electron chi connectivity index (χ2n) is 5.47. The fourth-order valence-corrected chi connectivity index (χ4v) is 2.45. The van der Waals surface area contributed by atoms with Gasteiger partial charge in [0.1, 0.15) is 11.6 Å². The van der Waals surface area contributed by atoms with Crippen molar-refractivity contribution in [2.75, 3.05) is 6.54 Å². The molecule has 1 aliphatic rings. The van der Waals surface area contributed by atoms with E-state index in [2.05, 4.69) is 22.4 Å². The van der Waals surface area contributed by atoms with Gasteiger partial charge in [0.25, 0.3) is 0 Å². The third kappa shape index (κ3) is 3.75. The van der Waals surface area contributed by atoms with E-state index in [-0.39, 0.29) is 30.4 Å². The number of rotatable bonds is 4. The second kappa shape index (κ2) is 7.07. The van der Waals surface area contributed by atoms with Crippen LogP contribution >= 0.6 is 12.4 Å². The molecule has 2 heterocycles. The number of hydrogen-bond donors (Lipinski definition) is 1. The molecule has 0 bridgehead atoms. The number of nitrogens with zero attached hydrogens (tertiary/aromatic N) is 2. The van der Waals surface area contributed by atoms with Gasteiger partial charge in [-0.2, -0.15) is 4.98 Å². The Morgan fingerprint density at radius 2 is 2.09 bits per heavy atom. The van der Waals surface area contributed by atoms with E-state index in [0.29, 0.717) is 17.5 Å². The van der Waals surface area contributed by atoms with E-state index in [4.69, 9.17) is 9.26 Å². The molecule has 7 heteroatoms. The molecule has 1 fully saturated rings. The first kappa shape index (κ1) is 16.7. The normalized spacial score (nSPS) is 21.2. The standard InChI is InChI=1S/C15H18FN3O2.ClH/c1-15(8-2-3-9-17-15)14-18-13(19-21-14)10-20-12-6-4-11(16)5-7-12;/h4-7,17H,2-3,8-10H2,1H3;1H. The average molecular weight is 328 g/mol. The van der Waals surface area contributed by atoms with E-state index in [1.54, 1.807) is 12.1 Å². The average Bonchev–Trinajstić information content (AvgIpc) is 2.97. The van der Waals surface area contributed by atoms with Gasteiger partial charge in [-0.3, -0.25) is 0 Å². The third-order valence-electron chi connectivity index (χ3n) is 3.74. The molecule has 0 amide bonds. The van der Waals surface area contributed by atoms with Gasteiger partial charge in [-0.15, -0.1) is 12.4 Å². The molecule has 0 saturated carbocycles. The summed E-state index contributed by atoms with van der Waals surface area (Å²) < 4.78 is 23.7. The van der Waals surface area contributed by atoms with E-state index in [9.17, 15) is 4.39 Å². The molecule has 1 atom stereocenters. The lowest BCUT2D eigenvalue weighted by molar-refractivity contribution is 0.205. The Bertz CT molecular complexity index is 597. The second-order valence-corrected chi connectivity index (χ2v) is 5.47. The Kier molecular flexibility index (Phi) is 5.37. The number of nitrogens with one attached hydrogen (secondary N) is 1.